The van der Waals surface area contributed by atoms with Crippen LogP contribution in [-0.2, 0) is 14.3 Å². The molecule has 0 saturated carbocycles. The van der Waals surface area contributed by atoms with Crippen molar-refractivity contribution in [2.24, 2.45) is 0 Å². The van der Waals surface area contributed by atoms with E-state index in [0.29, 0.717) is 25.8 Å². The summed E-state index contributed by atoms with van der Waals surface area (Å²) in [5, 5.41) is 9.07. The van der Waals surface area contributed by atoms with E-state index in [1.807, 2.05) is 4.90 Å². The first-order chi connectivity index (χ1) is 7.66. The number of hydrogen-bond donors (Lipinski definition) is 1. The van der Waals surface area contributed by atoms with Crippen LogP contribution in [0.2, 0.25) is 0 Å². The quantitative estimate of drug-likeness (QED) is 0.756. The molecule has 0 bridgehead atoms. The molecule has 3 unspecified atom stereocenters. The molecule has 0 spiro atoms. The summed E-state index contributed by atoms with van der Waals surface area (Å²) in [4.78, 5) is 13.0. The molecule has 2 rings (SSSR count). The van der Waals surface area contributed by atoms with Crippen molar-refractivity contribution in [2.75, 3.05) is 26.3 Å². The average molecular weight is 229 g/mol. The number of carboxylic acids is 1. The molecule has 5 nitrogen and oxygen atoms in total. The third kappa shape index (κ3) is 2.72. The number of ether oxygens (including phenoxy) is 2. The number of nitrogens with zero attached hydrogens (tertiary/aromatic N) is 1. The van der Waals surface area contributed by atoms with Gasteiger partial charge >= 0.3 is 5.97 Å². The molecule has 0 aliphatic carbocycles. The second-order valence-corrected chi connectivity index (χ2v) is 4.57. The van der Waals surface area contributed by atoms with Gasteiger partial charge < -0.3 is 14.6 Å². The van der Waals surface area contributed by atoms with Crippen molar-refractivity contribution >= 4 is 5.97 Å². The number of hydrogen-bond acceptors (Lipinski definition) is 4. The number of carbonyl (C=O) groups is 1. The smallest absolute Gasteiger partial charge is 0.323 e. The Morgan fingerprint density at radius 3 is 2.94 bits per heavy atom. The van der Waals surface area contributed by atoms with E-state index in [1.54, 1.807) is 0 Å². The summed E-state index contributed by atoms with van der Waals surface area (Å²) in [6.07, 6.45) is 2.61. The Balaban J connectivity index is 1.88. The number of aliphatic carboxylic acids is 1. The maximum Gasteiger partial charge on any atom is 0.323 e. The molecule has 2 aliphatic rings. The van der Waals surface area contributed by atoms with Crippen molar-refractivity contribution in [1.29, 1.82) is 0 Å². The van der Waals surface area contributed by atoms with Crippen LogP contribution >= 0.6 is 0 Å². The van der Waals surface area contributed by atoms with E-state index in [-0.39, 0.29) is 12.7 Å². The van der Waals surface area contributed by atoms with E-state index in [4.69, 9.17) is 14.6 Å². The Hall–Kier alpha value is -0.650. The highest BCUT2D eigenvalue weighted by atomic mass is 16.5. The Morgan fingerprint density at radius 1 is 1.50 bits per heavy atom. The second kappa shape index (κ2) is 5.12. The van der Waals surface area contributed by atoms with Gasteiger partial charge in [-0.05, 0) is 19.8 Å². The van der Waals surface area contributed by atoms with Gasteiger partial charge in [-0.25, -0.2) is 0 Å². The maximum absolute atomic E-state index is 11.0. The van der Waals surface area contributed by atoms with Crippen molar-refractivity contribution in [3.05, 3.63) is 0 Å². The van der Waals surface area contributed by atoms with Gasteiger partial charge in [0.2, 0.25) is 0 Å². The van der Waals surface area contributed by atoms with Crippen LogP contribution in [0.25, 0.3) is 0 Å². The first kappa shape index (κ1) is 11.8. The van der Waals surface area contributed by atoms with Crippen molar-refractivity contribution in [1.82, 2.24) is 4.90 Å². The average Bonchev–Trinajstić information content (AvgIpc) is 2.64. The SMILES string of the molecule is CC1CCC(CN2CCOCC2C(=O)O)O1. The highest BCUT2D eigenvalue weighted by Crippen LogP contribution is 2.21. The molecule has 2 heterocycles. The van der Waals surface area contributed by atoms with Crippen LogP contribution in [0.15, 0.2) is 0 Å². The molecule has 1 N–H and O–H groups in total. The summed E-state index contributed by atoms with van der Waals surface area (Å²) in [6, 6.07) is -0.506. The summed E-state index contributed by atoms with van der Waals surface area (Å²) in [5.74, 6) is -0.800. The normalized spacial score (nSPS) is 36.4. The minimum Gasteiger partial charge on any atom is -0.480 e. The molecule has 16 heavy (non-hydrogen) atoms. The molecule has 2 saturated heterocycles. The minimum absolute atomic E-state index is 0.190. The Morgan fingerprint density at radius 2 is 2.31 bits per heavy atom. The second-order valence-electron chi connectivity index (χ2n) is 4.57. The molecule has 3 atom stereocenters. The lowest BCUT2D eigenvalue weighted by Gasteiger charge is -2.34. The van der Waals surface area contributed by atoms with Gasteiger partial charge in [-0.2, -0.15) is 0 Å². The van der Waals surface area contributed by atoms with Gasteiger partial charge in [-0.1, -0.05) is 0 Å². The molecule has 0 aromatic heterocycles. The van der Waals surface area contributed by atoms with Crippen molar-refractivity contribution in [3.63, 3.8) is 0 Å². The molecule has 0 aromatic rings. The number of rotatable bonds is 3. The fourth-order valence-electron chi connectivity index (χ4n) is 2.37. The van der Waals surface area contributed by atoms with E-state index in [2.05, 4.69) is 6.92 Å². The predicted molar refractivity (Wildman–Crippen MR) is 57.4 cm³/mol. The highest BCUT2D eigenvalue weighted by Gasteiger charge is 2.32. The van der Waals surface area contributed by atoms with Crippen LogP contribution in [0.3, 0.4) is 0 Å². The van der Waals surface area contributed by atoms with Gasteiger partial charge in [0.1, 0.15) is 6.04 Å². The van der Waals surface area contributed by atoms with Crippen molar-refractivity contribution in [2.45, 2.75) is 38.0 Å². The number of carboxylic acid groups (broad SMARTS) is 1. The molecular weight excluding hydrogens is 210 g/mol. The Labute approximate surface area is 95.3 Å². The van der Waals surface area contributed by atoms with Gasteiger partial charge in [0.15, 0.2) is 0 Å². The predicted octanol–water partition coefficient (Wildman–Crippen LogP) is 0.339. The summed E-state index contributed by atoms with van der Waals surface area (Å²) in [6.45, 7) is 4.37. The summed E-state index contributed by atoms with van der Waals surface area (Å²) >= 11 is 0. The lowest BCUT2D eigenvalue weighted by Crippen LogP contribution is -2.52. The van der Waals surface area contributed by atoms with Crippen molar-refractivity contribution < 1.29 is 19.4 Å². The first-order valence-electron chi connectivity index (χ1n) is 5.87. The first-order valence-corrected chi connectivity index (χ1v) is 5.87. The van der Waals surface area contributed by atoms with Crippen LogP contribution in [-0.4, -0.2) is 60.5 Å². The molecule has 0 aromatic carbocycles. The Bertz CT molecular complexity index is 258. The van der Waals surface area contributed by atoms with E-state index in [1.165, 1.54) is 0 Å². The molecule has 5 heteroatoms. The van der Waals surface area contributed by atoms with Gasteiger partial charge in [0.25, 0.3) is 0 Å². The van der Waals surface area contributed by atoms with Gasteiger partial charge in [-0.3, -0.25) is 9.69 Å². The van der Waals surface area contributed by atoms with E-state index in [0.717, 1.165) is 12.8 Å². The monoisotopic (exact) mass is 229 g/mol. The number of morpholine rings is 1. The molecule has 2 fully saturated rings. The summed E-state index contributed by atoms with van der Waals surface area (Å²) < 4.78 is 10.9. The standard InChI is InChI=1S/C11H19NO4/c1-8-2-3-9(16-8)6-12-4-5-15-7-10(12)11(13)14/h8-10H,2-7H2,1H3,(H,13,14). The molecule has 2 aliphatic heterocycles. The van der Waals surface area contributed by atoms with Gasteiger partial charge in [-0.15, -0.1) is 0 Å². The summed E-state index contributed by atoms with van der Waals surface area (Å²) in [5.41, 5.74) is 0. The largest absolute Gasteiger partial charge is 0.480 e. The third-order valence-electron chi connectivity index (χ3n) is 3.28. The van der Waals surface area contributed by atoms with E-state index >= 15 is 0 Å². The zero-order valence-corrected chi connectivity index (χ0v) is 9.59. The molecule has 0 radical (unpaired) electrons. The van der Waals surface area contributed by atoms with E-state index < -0.39 is 12.0 Å². The third-order valence-corrected chi connectivity index (χ3v) is 3.28. The maximum atomic E-state index is 11.0. The fourth-order valence-corrected chi connectivity index (χ4v) is 2.37. The summed E-state index contributed by atoms with van der Waals surface area (Å²) in [7, 11) is 0. The zero-order chi connectivity index (χ0) is 11.5. The lowest BCUT2D eigenvalue weighted by molar-refractivity contribution is -0.150. The molecule has 0 amide bonds. The fraction of sp³-hybridized carbons (Fsp3) is 0.909. The molecule has 92 valence electrons. The highest BCUT2D eigenvalue weighted by molar-refractivity contribution is 5.73. The van der Waals surface area contributed by atoms with Crippen LogP contribution in [0.1, 0.15) is 19.8 Å². The van der Waals surface area contributed by atoms with Gasteiger partial charge in [0.05, 0.1) is 25.4 Å². The van der Waals surface area contributed by atoms with Crippen LogP contribution in [0.4, 0.5) is 0 Å². The topological polar surface area (TPSA) is 59.0 Å². The van der Waals surface area contributed by atoms with Gasteiger partial charge in [0, 0.05) is 13.1 Å². The van der Waals surface area contributed by atoms with Crippen LogP contribution in [0, 0.1) is 0 Å². The Kier molecular flexibility index (Phi) is 3.78. The van der Waals surface area contributed by atoms with E-state index in [9.17, 15) is 4.79 Å². The lowest BCUT2D eigenvalue weighted by atomic mass is 10.1. The van der Waals surface area contributed by atoms with Crippen LogP contribution in [0.5, 0.6) is 0 Å². The minimum atomic E-state index is -0.800. The van der Waals surface area contributed by atoms with Crippen LogP contribution < -0.4 is 0 Å². The zero-order valence-electron chi connectivity index (χ0n) is 9.59. The molecular formula is C11H19NO4. The van der Waals surface area contributed by atoms with Crippen molar-refractivity contribution in [3.8, 4) is 0 Å².